The van der Waals surface area contributed by atoms with E-state index in [2.05, 4.69) is 12.2 Å². The molecule has 0 bridgehead atoms. The van der Waals surface area contributed by atoms with Crippen LogP contribution in [0.3, 0.4) is 0 Å². The molecule has 1 heterocycles. The largest absolute Gasteiger partial charge is 0.493 e. The van der Waals surface area contributed by atoms with E-state index in [-0.39, 0.29) is 5.91 Å². The number of benzene rings is 1. The van der Waals surface area contributed by atoms with Crippen LogP contribution in [0.25, 0.3) is 0 Å². The fraction of sp³-hybridized carbons (Fsp3) is 0.650. The number of ether oxygens (including phenoxy) is 3. The third-order valence-electron chi connectivity index (χ3n) is 5.04. The van der Waals surface area contributed by atoms with Crippen LogP contribution in [0.15, 0.2) is 12.1 Å². The fourth-order valence-corrected chi connectivity index (χ4v) is 3.49. The average Bonchev–Trinajstić information content (AvgIpc) is 2.69. The Balaban J connectivity index is 1.92. The number of likely N-dealkylation sites (tertiary alicyclic amines) is 1. The van der Waals surface area contributed by atoms with Gasteiger partial charge in [-0.05, 0) is 49.9 Å². The first-order chi connectivity index (χ1) is 12.6. The van der Waals surface area contributed by atoms with Crippen LogP contribution in [0.4, 0.5) is 0 Å². The van der Waals surface area contributed by atoms with E-state index in [4.69, 9.17) is 14.2 Å². The average molecular weight is 364 g/mol. The van der Waals surface area contributed by atoms with Gasteiger partial charge in [0.2, 0.25) is 11.7 Å². The van der Waals surface area contributed by atoms with Gasteiger partial charge in [-0.1, -0.05) is 13.0 Å². The second-order valence-electron chi connectivity index (χ2n) is 6.63. The lowest BCUT2D eigenvalue weighted by Crippen LogP contribution is -2.40. The van der Waals surface area contributed by atoms with Gasteiger partial charge in [0.1, 0.15) is 0 Å². The second kappa shape index (κ2) is 10.3. The fourth-order valence-electron chi connectivity index (χ4n) is 3.49. The zero-order valence-electron chi connectivity index (χ0n) is 16.5. The Hall–Kier alpha value is -1.95. The first-order valence-electron chi connectivity index (χ1n) is 9.40. The Labute approximate surface area is 156 Å². The molecule has 146 valence electrons. The number of carbonyl (C=O) groups excluding carboxylic acids is 1. The number of nitrogens with one attached hydrogen (secondary N) is 1. The molecule has 1 saturated heterocycles. The number of nitrogens with zero attached hydrogens (tertiary/aromatic N) is 1. The molecule has 0 saturated carbocycles. The van der Waals surface area contributed by atoms with Crippen LogP contribution in [-0.4, -0.2) is 58.3 Å². The molecule has 6 heteroatoms. The van der Waals surface area contributed by atoms with Crippen molar-refractivity contribution < 1.29 is 19.0 Å². The van der Waals surface area contributed by atoms with E-state index in [0.717, 1.165) is 44.6 Å². The molecule has 0 aliphatic carbocycles. The highest BCUT2D eigenvalue weighted by Crippen LogP contribution is 2.40. The molecule has 26 heavy (non-hydrogen) atoms. The predicted molar refractivity (Wildman–Crippen MR) is 102 cm³/mol. The Morgan fingerprint density at radius 1 is 1.12 bits per heavy atom. The normalized spacial score (nSPS) is 15.0. The third kappa shape index (κ3) is 5.04. The van der Waals surface area contributed by atoms with E-state index in [9.17, 15) is 4.79 Å². The molecule has 6 nitrogen and oxygen atoms in total. The maximum Gasteiger partial charge on any atom is 0.222 e. The highest BCUT2D eigenvalue weighted by molar-refractivity contribution is 5.76. The van der Waals surface area contributed by atoms with Crippen LogP contribution in [0, 0.1) is 5.92 Å². The summed E-state index contributed by atoms with van der Waals surface area (Å²) in [7, 11) is 4.80. The predicted octanol–water partition coefficient (Wildman–Crippen LogP) is 2.49. The minimum atomic E-state index is 0.212. The highest BCUT2D eigenvalue weighted by Gasteiger charge is 2.23. The van der Waals surface area contributed by atoms with E-state index in [0.29, 0.717) is 36.0 Å². The standard InChI is InChI=1S/C20H32N2O4/c1-5-21-14-15-10-12-22(13-11-15)18(23)9-7-16-6-8-17(24-2)20(26-4)19(16)25-3/h6,8,15,21H,5,7,9-14H2,1-4H3. The zero-order chi connectivity index (χ0) is 18.9. The number of rotatable bonds is 9. The SMILES string of the molecule is CCNCC1CCN(C(=O)CCc2ccc(OC)c(OC)c2OC)CC1. The summed E-state index contributed by atoms with van der Waals surface area (Å²) in [6.45, 7) is 5.91. The number of aryl methyl sites for hydroxylation is 1. The van der Waals surface area contributed by atoms with Crippen molar-refractivity contribution in [3.8, 4) is 17.2 Å². The summed E-state index contributed by atoms with van der Waals surface area (Å²) in [4.78, 5) is 14.6. The van der Waals surface area contributed by atoms with Gasteiger partial charge in [0.05, 0.1) is 21.3 Å². The maximum atomic E-state index is 12.6. The monoisotopic (exact) mass is 364 g/mol. The number of methoxy groups -OCH3 is 3. The lowest BCUT2D eigenvalue weighted by Gasteiger charge is -2.32. The van der Waals surface area contributed by atoms with Gasteiger partial charge in [0.15, 0.2) is 11.5 Å². The lowest BCUT2D eigenvalue weighted by atomic mass is 9.96. The van der Waals surface area contributed by atoms with Gasteiger partial charge in [0, 0.05) is 19.5 Å². The van der Waals surface area contributed by atoms with Crippen molar-refractivity contribution in [2.45, 2.75) is 32.6 Å². The Bertz CT molecular complexity index is 583. The van der Waals surface area contributed by atoms with E-state index >= 15 is 0 Å². The van der Waals surface area contributed by atoms with Crippen molar-refractivity contribution in [2.24, 2.45) is 5.92 Å². The van der Waals surface area contributed by atoms with Crippen LogP contribution in [0.5, 0.6) is 17.2 Å². The topological polar surface area (TPSA) is 60.0 Å². The van der Waals surface area contributed by atoms with Crippen molar-refractivity contribution in [3.63, 3.8) is 0 Å². The summed E-state index contributed by atoms with van der Waals surface area (Å²) >= 11 is 0. The first kappa shape index (κ1) is 20.4. The number of carbonyl (C=O) groups is 1. The number of piperidine rings is 1. The molecule has 1 amide bonds. The summed E-state index contributed by atoms with van der Waals surface area (Å²) in [5.74, 6) is 2.74. The van der Waals surface area contributed by atoms with Crippen LogP contribution in [-0.2, 0) is 11.2 Å². The maximum absolute atomic E-state index is 12.6. The van der Waals surface area contributed by atoms with E-state index in [1.807, 2.05) is 17.0 Å². The minimum Gasteiger partial charge on any atom is -0.493 e. The molecular weight excluding hydrogens is 332 g/mol. The molecule has 0 atom stereocenters. The Morgan fingerprint density at radius 2 is 1.81 bits per heavy atom. The van der Waals surface area contributed by atoms with Crippen molar-refractivity contribution in [1.29, 1.82) is 0 Å². The molecule has 1 fully saturated rings. The molecular formula is C20H32N2O4. The molecule has 1 aliphatic heterocycles. The van der Waals surface area contributed by atoms with Gasteiger partial charge >= 0.3 is 0 Å². The molecule has 1 aliphatic rings. The van der Waals surface area contributed by atoms with Gasteiger partial charge in [-0.2, -0.15) is 0 Å². The molecule has 0 aromatic heterocycles. The minimum absolute atomic E-state index is 0.212. The van der Waals surface area contributed by atoms with Crippen LogP contribution < -0.4 is 19.5 Å². The third-order valence-corrected chi connectivity index (χ3v) is 5.04. The molecule has 0 spiro atoms. The van der Waals surface area contributed by atoms with Crippen molar-refractivity contribution in [1.82, 2.24) is 10.2 Å². The molecule has 1 N–H and O–H groups in total. The summed E-state index contributed by atoms with van der Waals surface area (Å²) in [5.41, 5.74) is 0.959. The molecule has 2 rings (SSSR count). The highest BCUT2D eigenvalue weighted by atomic mass is 16.5. The van der Waals surface area contributed by atoms with Crippen LogP contribution in [0.2, 0.25) is 0 Å². The summed E-state index contributed by atoms with van der Waals surface area (Å²) in [6, 6.07) is 3.80. The Morgan fingerprint density at radius 3 is 2.38 bits per heavy atom. The lowest BCUT2D eigenvalue weighted by molar-refractivity contribution is -0.132. The molecule has 1 aromatic rings. The van der Waals surface area contributed by atoms with Crippen LogP contribution in [0.1, 0.15) is 31.7 Å². The van der Waals surface area contributed by atoms with Gasteiger partial charge in [0.25, 0.3) is 0 Å². The molecule has 0 unspecified atom stereocenters. The van der Waals surface area contributed by atoms with Gasteiger partial charge in [-0.3, -0.25) is 4.79 Å². The van der Waals surface area contributed by atoms with Gasteiger partial charge < -0.3 is 24.4 Å². The second-order valence-corrected chi connectivity index (χ2v) is 6.63. The molecule has 0 radical (unpaired) electrons. The number of hydrogen-bond acceptors (Lipinski definition) is 5. The first-order valence-corrected chi connectivity index (χ1v) is 9.40. The summed E-state index contributed by atoms with van der Waals surface area (Å²) in [6.07, 6.45) is 3.26. The van der Waals surface area contributed by atoms with E-state index in [1.54, 1.807) is 21.3 Å². The van der Waals surface area contributed by atoms with Crippen molar-refractivity contribution in [2.75, 3.05) is 47.5 Å². The van der Waals surface area contributed by atoms with E-state index in [1.165, 1.54) is 0 Å². The van der Waals surface area contributed by atoms with E-state index < -0.39 is 0 Å². The summed E-state index contributed by atoms with van der Waals surface area (Å²) < 4.78 is 16.2. The number of amides is 1. The smallest absolute Gasteiger partial charge is 0.222 e. The van der Waals surface area contributed by atoms with Crippen molar-refractivity contribution in [3.05, 3.63) is 17.7 Å². The van der Waals surface area contributed by atoms with Gasteiger partial charge in [-0.25, -0.2) is 0 Å². The number of hydrogen-bond donors (Lipinski definition) is 1. The van der Waals surface area contributed by atoms with Gasteiger partial charge in [-0.15, -0.1) is 0 Å². The van der Waals surface area contributed by atoms with Crippen molar-refractivity contribution >= 4 is 5.91 Å². The van der Waals surface area contributed by atoms with Crippen LogP contribution >= 0.6 is 0 Å². The molecule has 1 aromatic carbocycles. The zero-order valence-corrected chi connectivity index (χ0v) is 16.5. The Kier molecular flexibility index (Phi) is 8.04. The quantitative estimate of drug-likeness (QED) is 0.729. The summed E-state index contributed by atoms with van der Waals surface area (Å²) in [5, 5.41) is 3.40.